The summed E-state index contributed by atoms with van der Waals surface area (Å²) in [5, 5.41) is 3.70. The van der Waals surface area contributed by atoms with E-state index in [1.54, 1.807) is 9.13 Å². The molecule has 1 aromatic heterocycles. The predicted octanol–water partition coefficient (Wildman–Crippen LogP) is 1.69. The Labute approximate surface area is 147 Å². The lowest BCUT2D eigenvalue weighted by atomic mass is 9.84. The topological polar surface area (TPSA) is 57.4 Å². The van der Waals surface area contributed by atoms with Crippen LogP contribution in [0.1, 0.15) is 31.2 Å². The minimum atomic E-state index is 0.0153. The number of hydrogen-bond donors (Lipinski definition) is 1. The first-order valence-corrected chi connectivity index (χ1v) is 9.17. The van der Waals surface area contributed by atoms with Crippen molar-refractivity contribution < 1.29 is 9.47 Å². The summed E-state index contributed by atoms with van der Waals surface area (Å²) in [6.07, 6.45) is 4.11. The molecule has 136 valence electrons. The number of ether oxygens (including phenoxy) is 2. The minimum Gasteiger partial charge on any atom is -0.381 e. The summed E-state index contributed by atoms with van der Waals surface area (Å²) in [6.45, 7) is 3.26. The molecule has 2 aliphatic rings. The van der Waals surface area contributed by atoms with Gasteiger partial charge in [0.1, 0.15) is 0 Å². The van der Waals surface area contributed by atoms with E-state index < -0.39 is 0 Å². The van der Waals surface area contributed by atoms with Gasteiger partial charge in [0.2, 0.25) is 0 Å². The number of aromatic nitrogens is 2. The third kappa shape index (κ3) is 3.14. The summed E-state index contributed by atoms with van der Waals surface area (Å²) in [4.78, 5) is 12.1. The average molecular weight is 345 g/mol. The SMILES string of the molecule is Cn1c(=O)n(C)c2cc(CNC3CCOC4(CCOCC4)C3)ccc21. The molecular formula is C19H27N3O3. The molecule has 2 saturated heterocycles. The number of aryl methyl sites for hydroxylation is 2. The van der Waals surface area contributed by atoms with Crippen molar-refractivity contribution in [2.75, 3.05) is 19.8 Å². The van der Waals surface area contributed by atoms with Crippen LogP contribution in [-0.4, -0.2) is 40.6 Å². The number of nitrogens with one attached hydrogen (secondary N) is 1. The molecule has 2 aromatic rings. The number of rotatable bonds is 3. The van der Waals surface area contributed by atoms with E-state index >= 15 is 0 Å². The van der Waals surface area contributed by atoms with E-state index in [4.69, 9.17) is 9.47 Å². The van der Waals surface area contributed by atoms with E-state index in [9.17, 15) is 4.79 Å². The highest BCUT2D eigenvalue weighted by Gasteiger charge is 2.38. The number of nitrogens with zero attached hydrogens (tertiary/aromatic N) is 2. The van der Waals surface area contributed by atoms with Gasteiger partial charge in [-0.25, -0.2) is 4.79 Å². The molecule has 25 heavy (non-hydrogen) atoms. The molecule has 1 spiro atoms. The van der Waals surface area contributed by atoms with Gasteiger partial charge in [-0.3, -0.25) is 9.13 Å². The zero-order valence-electron chi connectivity index (χ0n) is 15.1. The Bertz CT molecular complexity index is 812. The van der Waals surface area contributed by atoms with Crippen molar-refractivity contribution in [3.05, 3.63) is 34.2 Å². The van der Waals surface area contributed by atoms with Gasteiger partial charge in [0.25, 0.3) is 0 Å². The van der Waals surface area contributed by atoms with Crippen molar-refractivity contribution in [1.82, 2.24) is 14.5 Å². The number of fused-ring (bicyclic) bond motifs is 1. The first kappa shape index (κ1) is 16.8. The van der Waals surface area contributed by atoms with Crippen molar-refractivity contribution >= 4 is 11.0 Å². The van der Waals surface area contributed by atoms with E-state index in [-0.39, 0.29) is 11.3 Å². The lowest BCUT2D eigenvalue weighted by molar-refractivity contribution is -0.140. The molecule has 2 aliphatic heterocycles. The van der Waals surface area contributed by atoms with Gasteiger partial charge in [-0.05, 0) is 43.4 Å². The molecule has 3 heterocycles. The highest BCUT2D eigenvalue weighted by atomic mass is 16.5. The second kappa shape index (κ2) is 6.59. The van der Waals surface area contributed by atoms with Crippen LogP contribution < -0.4 is 11.0 Å². The number of imidazole rings is 1. The summed E-state index contributed by atoms with van der Waals surface area (Å²) in [7, 11) is 3.65. The van der Waals surface area contributed by atoms with Gasteiger partial charge in [-0.1, -0.05) is 6.07 Å². The van der Waals surface area contributed by atoms with Crippen molar-refractivity contribution in [1.29, 1.82) is 0 Å². The molecule has 1 aromatic carbocycles. The molecule has 6 nitrogen and oxygen atoms in total. The Morgan fingerprint density at radius 3 is 2.72 bits per heavy atom. The van der Waals surface area contributed by atoms with Crippen LogP contribution in [0.2, 0.25) is 0 Å². The fourth-order valence-electron chi connectivity index (χ4n) is 4.22. The molecule has 0 aliphatic carbocycles. The fourth-order valence-corrected chi connectivity index (χ4v) is 4.22. The van der Waals surface area contributed by atoms with E-state index in [0.717, 1.165) is 63.1 Å². The zero-order valence-corrected chi connectivity index (χ0v) is 15.1. The second-order valence-electron chi connectivity index (χ2n) is 7.44. The molecule has 0 amide bonds. The molecule has 1 N–H and O–H groups in total. The highest BCUT2D eigenvalue weighted by molar-refractivity contribution is 5.76. The maximum atomic E-state index is 12.1. The molecule has 6 heteroatoms. The van der Waals surface area contributed by atoms with Gasteiger partial charge < -0.3 is 14.8 Å². The van der Waals surface area contributed by atoms with Crippen LogP contribution in [0.25, 0.3) is 11.0 Å². The van der Waals surface area contributed by atoms with Crippen LogP contribution in [-0.2, 0) is 30.1 Å². The van der Waals surface area contributed by atoms with E-state index in [2.05, 4.69) is 17.4 Å². The Morgan fingerprint density at radius 2 is 1.92 bits per heavy atom. The molecule has 4 rings (SSSR count). The van der Waals surface area contributed by atoms with Crippen molar-refractivity contribution in [2.45, 2.75) is 43.9 Å². The van der Waals surface area contributed by atoms with Gasteiger partial charge >= 0.3 is 5.69 Å². The lowest BCUT2D eigenvalue weighted by Crippen LogP contribution is -2.49. The van der Waals surface area contributed by atoms with Gasteiger partial charge in [0.05, 0.1) is 16.6 Å². The van der Waals surface area contributed by atoms with E-state index in [0.29, 0.717) is 6.04 Å². The zero-order chi connectivity index (χ0) is 17.4. The Morgan fingerprint density at radius 1 is 1.16 bits per heavy atom. The lowest BCUT2D eigenvalue weighted by Gasteiger charge is -2.43. The molecule has 0 saturated carbocycles. The second-order valence-corrected chi connectivity index (χ2v) is 7.44. The summed E-state index contributed by atoms with van der Waals surface area (Å²) in [5.74, 6) is 0. The third-order valence-electron chi connectivity index (χ3n) is 5.83. The highest BCUT2D eigenvalue weighted by Crippen LogP contribution is 2.34. The molecule has 2 fully saturated rings. The smallest absolute Gasteiger partial charge is 0.328 e. The van der Waals surface area contributed by atoms with Crippen LogP contribution in [0.3, 0.4) is 0 Å². The molecule has 1 unspecified atom stereocenters. The summed E-state index contributed by atoms with van der Waals surface area (Å²) >= 11 is 0. The van der Waals surface area contributed by atoms with Crippen LogP contribution >= 0.6 is 0 Å². The standard InChI is InChI=1S/C19H27N3O3/c1-21-16-4-3-14(11-17(16)22(2)18(21)23)13-20-15-5-8-25-19(12-15)6-9-24-10-7-19/h3-4,11,15,20H,5-10,12-13H2,1-2H3. The molecule has 1 atom stereocenters. The van der Waals surface area contributed by atoms with Crippen molar-refractivity contribution in [3.63, 3.8) is 0 Å². The first-order valence-electron chi connectivity index (χ1n) is 9.17. The molecule has 0 bridgehead atoms. The van der Waals surface area contributed by atoms with Crippen LogP contribution in [0, 0.1) is 0 Å². The monoisotopic (exact) mass is 345 g/mol. The maximum Gasteiger partial charge on any atom is 0.328 e. The largest absolute Gasteiger partial charge is 0.381 e. The first-order chi connectivity index (χ1) is 12.1. The fraction of sp³-hybridized carbons (Fsp3) is 0.632. The Hall–Kier alpha value is -1.63. The quantitative estimate of drug-likeness (QED) is 0.920. The Kier molecular flexibility index (Phi) is 4.43. The average Bonchev–Trinajstić information content (AvgIpc) is 2.85. The molecule has 0 radical (unpaired) electrons. The van der Waals surface area contributed by atoms with Crippen molar-refractivity contribution in [3.8, 4) is 0 Å². The van der Waals surface area contributed by atoms with Crippen LogP contribution in [0.4, 0.5) is 0 Å². The van der Waals surface area contributed by atoms with Gasteiger partial charge in [0, 0.05) is 46.5 Å². The van der Waals surface area contributed by atoms with Crippen LogP contribution in [0.5, 0.6) is 0 Å². The van der Waals surface area contributed by atoms with E-state index in [1.165, 1.54) is 5.56 Å². The Balaban J connectivity index is 1.45. The summed E-state index contributed by atoms with van der Waals surface area (Å²) < 4.78 is 15.0. The van der Waals surface area contributed by atoms with Gasteiger partial charge in [-0.15, -0.1) is 0 Å². The normalized spacial score (nSPS) is 23.4. The maximum absolute atomic E-state index is 12.1. The van der Waals surface area contributed by atoms with Crippen molar-refractivity contribution in [2.24, 2.45) is 14.1 Å². The third-order valence-corrected chi connectivity index (χ3v) is 5.83. The predicted molar refractivity (Wildman–Crippen MR) is 96.8 cm³/mol. The molecular weight excluding hydrogens is 318 g/mol. The summed E-state index contributed by atoms with van der Waals surface area (Å²) in [6, 6.07) is 6.74. The van der Waals surface area contributed by atoms with Gasteiger partial charge in [0.15, 0.2) is 0 Å². The number of benzene rings is 1. The minimum absolute atomic E-state index is 0.0153. The summed E-state index contributed by atoms with van der Waals surface area (Å²) in [5.41, 5.74) is 3.21. The van der Waals surface area contributed by atoms with Gasteiger partial charge in [-0.2, -0.15) is 0 Å². The number of hydrogen-bond acceptors (Lipinski definition) is 4. The van der Waals surface area contributed by atoms with E-state index in [1.807, 2.05) is 20.2 Å². The van der Waals surface area contributed by atoms with Crippen LogP contribution in [0.15, 0.2) is 23.0 Å².